The second-order valence-corrected chi connectivity index (χ2v) is 7.63. The molecule has 0 heterocycles. The number of carbonyl (C=O) groups excluding carboxylic acids is 2. The Balaban J connectivity index is 1.45. The van der Waals surface area contributed by atoms with E-state index in [-0.39, 0.29) is 32.1 Å². The van der Waals surface area contributed by atoms with Crippen LogP contribution in [0.15, 0.2) is 48.5 Å². The van der Waals surface area contributed by atoms with Crippen LogP contribution >= 0.6 is 0 Å². The molecular formula is C24H28N2O8. The van der Waals surface area contributed by atoms with Gasteiger partial charge >= 0.3 is 12.1 Å². The number of methoxy groups -OCH3 is 2. The van der Waals surface area contributed by atoms with Gasteiger partial charge in [0.05, 0.1) is 6.61 Å². The van der Waals surface area contributed by atoms with E-state index in [4.69, 9.17) is 24.2 Å². The molecule has 34 heavy (non-hydrogen) atoms. The molecular weight excluding hydrogens is 444 g/mol. The van der Waals surface area contributed by atoms with Gasteiger partial charge in [-0.05, 0) is 22.3 Å². The minimum Gasteiger partial charge on any atom is -0.479 e. The van der Waals surface area contributed by atoms with E-state index in [0.29, 0.717) is 0 Å². The molecule has 1 aliphatic rings. The molecule has 2 aromatic rings. The summed E-state index contributed by atoms with van der Waals surface area (Å²) >= 11 is 0. The molecule has 2 atom stereocenters. The lowest BCUT2D eigenvalue weighted by molar-refractivity contribution is -0.168. The van der Waals surface area contributed by atoms with Crippen molar-refractivity contribution >= 4 is 18.0 Å². The van der Waals surface area contributed by atoms with Crippen LogP contribution in [0, 0.1) is 0 Å². The van der Waals surface area contributed by atoms with Crippen molar-refractivity contribution in [1.29, 1.82) is 0 Å². The van der Waals surface area contributed by atoms with Crippen molar-refractivity contribution in [3.05, 3.63) is 59.7 Å². The van der Waals surface area contributed by atoms with Gasteiger partial charge in [-0.3, -0.25) is 9.63 Å². The summed E-state index contributed by atoms with van der Waals surface area (Å²) in [5.41, 5.74) is 6.55. The van der Waals surface area contributed by atoms with E-state index in [1.54, 1.807) is 0 Å². The Morgan fingerprint density at radius 3 is 2.15 bits per heavy atom. The molecule has 10 heteroatoms. The van der Waals surface area contributed by atoms with Crippen LogP contribution in [-0.2, 0) is 28.6 Å². The topological polar surface area (TPSA) is 132 Å². The van der Waals surface area contributed by atoms with Gasteiger partial charge in [-0.1, -0.05) is 48.5 Å². The Labute approximate surface area is 197 Å². The Bertz CT molecular complexity index is 966. The van der Waals surface area contributed by atoms with E-state index < -0.39 is 30.2 Å². The smallest absolute Gasteiger partial charge is 0.407 e. The van der Waals surface area contributed by atoms with Crippen LogP contribution in [-0.4, -0.2) is 69.3 Å². The van der Waals surface area contributed by atoms with Crippen molar-refractivity contribution in [1.82, 2.24) is 10.8 Å². The first-order valence-corrected chi connectivity index (χ1v) is 10.7. The van der Waals surface area contributed by atoms with Gasteiger partial charge in [0.1, 0.15) is 12.7 Å². The van der Waals surface area contributed by atoms with Crippen LogP contribution < -0.4 is 10.8 Å². The van der Waals surface area contributed by atoms with Crippen molar-refractivity contribution < 1.29 is 38.5 Å². The van der Waals surface area contributed by atoms with Crippen LogP contribution in [0.4, 0.5) is 4.79 Å². The van der Waals surface area contributed by atoms with Gasteiger partial charge < -0.3 is 24.6 Å². The highest BCUT2D eigenvalue weighted by molar-refractivity contribution is 5.80. The summed E-state index contributed by atoms with van der Waals surface area (Å²) in [5, 5.41) is 11.6. The Kier molecular flexibility index (Phi) is 8.97. The molecule has 3 rings (SSSR count). The molecule has 3 N–H and O–H groups in total. The summed E-state index contributed by atoms with van der Waals surface area (Å²) in [6.07, 6.45) is -2.81. The third-order valence-electron chi connectivity index (χ3n) is 5.49. The predicted octanol–water partition coefficient (Wildman–Crippen LogP) is 2.08. The average Bonchev–Trinajstić information content (AvgIpc) is 3.16. The third kappa shape index (κ3) is 6.10. The molecule has 0 radical (unpaired) electrons. The molecule has 0 saturated heterocycles. The molecule has 0 aliphatic heterocycles. The highest BCUT2D eigenvalue weighted by atomic mass is 16.7. The Morgan fingerprint density at radius 2 is 1.59 bits per heavy atom. The molecule has 0 fully saturated rings. The van der Waals surface area contributed by atoms with Gasteiger partial charge in [0, 0.05) is 33.1 Å². The first-order valence-electron chi connectivity index (χ1n) is 10.7. The number of carboxylic acid groups (broad SMARTS) is 1. The number of nitrogens with one attached hydrogen (secondary N) is 2. The van der Waals surface area contributed by atoms with Gasteiger partial charge in [0.15, 0.2) is 0 Å². The van der Waals surface area contributed by atoms with Crippen molar-refractivity contribution in [2.24, 2.45) is 0 Å². The fraction of sp³-hybridized carbons (Fsp3) is 0.375. The maximum atomic E-state index is 12.2. The maximum Gasteiger partial charge on any atom is 0.407 e. The number of rotatable bonds is 12. The SMILES string of the molecule is COCC(ONC(=O)C(CCNC(=O)OCC1c2ccccc2-c2ccccc21)OC)C(=O)O. The lowest BCUT2D eigenvalue weighted by Gasteiger charge is -2.18. The predicted molar refractivity (Wildman–Crippen MR) is 121 cm³/mol. The molecule has 0 saturated carbocycles. The minimum atomic E-state index is -1.36. The number of amides is 2. The van der Waals surface area contributed by atoms with Crippen LogP contribution in [0.1, 0.15) is 23.5 Å². The zero-order chi connectivity index (χ0) is 24.5. The van der Waals surface area contributed by atoms with Crippen molar-refractivity contribution in [2.75, 3.05) is 34.0 Å². The van der Waals surface area contributed by atoms with E-state index >= 15 is 0 Å². The highest BCUT2D eigenvalue weighted by Crippen LogP contribution is 2.44. The van der Waals surface area contributed by atoms with Gasteiger partial charge in [-0.15, -0.1) is 0 Å². The van der Waals surface area contributed by atoms with Crippen molar-refractivity contribution in [3.8, 4) is 11.1 Å². The van der Waals surface area contributed by atoms with Crippen LogP contribution in [0.2, 0.25) is 0 Å². The quantitative estimate of drug-likeness (QED) is 0.400. The zero-order valence-corrected chi connectivity index (χ0v) is 19.0. The number of benzene rings is 2. The molecule has 182 valence electrons. The van der Waals surface area contributed by atoms with Gasteiger partial charge in [0.25, 0.3) is 5.91 Å². The molecule has 1 aliphatic carbocycles. The van der Waals surface area contributed by atoms with Gasteiger partial charge in [0.2, 0.25) is 6.10 Å². The summed E-state index contributed by atoms with van der Waals surface area (Å²) in [7, 11) is 2.63. The van der Waals surface area contributed by atoms with E-state index in [1.165, 1.54) is 14.2 Å². The number of aliphatic carboxylic acids is 1. The summed E-state index contributed by atoms with van der Waals surface area (Å²) in [6.45, 7) is 0.0393. The third-order valence-corrected chi connectivity index (χ3v) is 5.49. The van der Waals surface area contributed by atoms with Crippen molar-refractivity contribution in [2.45, 2.75) is 24.5 Å². The molecule has 2 unspecified atom stereocenters. The average molecular weight is 472 g/mol. The Morgan fingerprint density at radius 1 is 0.971 bits per heavy atom. The minimum absolute atomic E-state index is 0.0536. The van der Waals surface area contributed by atoms with Crippen LogP contribution in [0.25, 0.3) is 11.1 Å². The lowest BCUT2D eigenvalue weighted by Crippen LogP contribution is -2.43. The number of hydrogen-bond acceptors (Lipinski definition) is 7. The Hall–Kier alpha value is -3.47. The first kappa shape index (κ1) is 25.2. The second kappa shape index (κ2) is 12.1. The largest absolute Gasteiger partial charge is 0.479 e. The summed E-state index contributed by atoms with van der Waals surface area (Å²) < 4.78 is 15.3. The molecule has 2 aromatic carbocycles. The molecule has 2 amide bonds. The van der Waals surface area contributed by atoms with Crippen LogP contribution in [0.3, 0.4) is 0 Å². The number of carbonyl (C=O) groups is 3. The van der Waals surface area contributed by atoms with E-state index in [1.807, 2.05) is 36.4 Å². The number of hydrogen-bond donors (Lipinski definition) is 3. The van der Waals surface area contributed by atoms with E-state index in [2.05, 4.69) is 22.9 Å². The van der Waals surface area contributed by atoms with Crippen molar-refractivity contribution in [3.63, 3.8) is 0 Å². The van der Waals surface area contributed by atoms with Crippen LogP contribution in [0.5, 0.6) is 0 Å². The highest BCUT2D eigenvalue weighted by Gasteiger charge is 2.29. The summed E-state index contributed by atoms with van der Waals surface area (Å²) in [6, 6.07) is 16.1. The molecule has 0 aromatic heterocycles. The lowest BCUT2D eigenvalue weighted by atomic mass is 9.98. The molecule has 0 bridgehead atoms. The number of carboxylic acids is 1. The zero-order valence-electron chi connectivity index (χ0n) is 19.0. The van der Waals surface area contributed by atoms with E-state index in [9.17, 15) is 14.4 Å². The van der Waals surface area contributed by atoms with E-state index in [0.717, 1.165) is 22.3 Å². The fourth-order valence-corrected chi connectivity index (χ4v) is 3.81. The fourth-order valence-electron chi connectivity index (χ4n) is 3.81. The summed E-state index contributed by atoms with van der Waals surface area (Å²) in [5.74, 6) is -2.02. The maximum absolute atomic E-state index is 12.2. The monoisotopic (exact) mass is 472 g/mol. The number of ether oxygens (including phenoxy) is 3. The van der Waals surface area contributed by atoms with Gasteiger partial charge in [-0.2, -0.15) is 0 Å². The van der Waals surface area contributed by atoms with Gasteiger partial charge in [-0.25, -0.2) is 15.1 Å². The summed E-state index contributed by atoms with van der Waals surface area (Å²) in [4.78, 5) is 40.3. The number of hydroxylamine groups is 1. The molecule has 10 nitrogen and oxygen atoms in total. The number of alkyl carbamates (subject to hydrolysis) is 1. The number of fused-ring (bicyclic) bond motifs is 3. The molecule has 0 spiro atoms. The standard InChI is InChI=1S/C24H28N2O8/c1-31-14-21(23(28)29)34-26-22(27)20(32-2)11-12-25-24(30)33-13-19-17-9-5-3-7-15(17)16-8-4-6-10-18(16)19/h3-10,19-21H,11-14H2,1-2H3,(H,25,30)(H,26,27)(H,28,29). The first-order chi connectivity index (χ1) is 16.5. The second-order valence-electron chi connectivity index (χ2n) is 7.63. The normalized spacial score (nSPS) is 13.9.